The Labute approximate surface area is 143 Å². The lowest BCUT2D eigenvalue weighted by Crippen LogP contribution is -2.43. The summed E-state index contributed by atoms with van der Waals surface area (Å²) in [6.07, 6.45) is 0. The molecule has 0 aromatic carbocycles. The summed E-state index contributed by atoms with van der Waals surface area (Å²) in [5.74, 6) is 0. The molecule has 0 bridgehead atoms. The molecule has 1 aliphatic rings. The van der Waals surface area contributed by atoms with E-state index in [1.165, 1.54) is 11.4 Å². The van der Waals surface area contributed by atoms with Crippen molar-refractivity contribution >= 4 is 16.2 Å². The zero-order chi connectivity index (χ0) is 18.1. The zero-order valence-electron chi connectivity index (χ0n) is 14.9. The van der Waals surface area contributed by atoms with Crippen molar-refractivity contribution in [2.24, 2.45) is 0 Å². The van der Waals surface area contributed by atoms with Crippen molar-refractivity contribution in [1.82, 2.24) is 28.6 Å². The zero-order valence-corrected chi connectivity index (χ0v) is 15.7. The van der Waals surface area contributed by atoms with Crippen molar-refractivity contribution in [3.8, 4) is 0 Å². The third-order valence-corrected chi connectivity index (χ3v) is 5.73. The summed E-state index contributed by atoms with van der Waals surface area (Å²) in [4.78, 5) is 15.3. The number of carbonyl (C=O) groups is 1. The van der Waals surface area contributed by atoms with Gasteiger partial charge in [0.1, 0.15) is 0 Å². The maximum absolute atomic E-state index is 12.1. The highest BCUT2D eigenvalue weighted by molar-refractivity contribution is 7.87. The van der Waals surface area contributed by atoms with Gasteiger partial charge in [0.2, 0.25) is 0 Å². The molecule has 0 spiro atoms. The predicted molar refractivity (Wildman–Crippen MR) is 90.4 cm³/mol. The van der Waals surface area contributed by atoms with Gasteiger partial charge in [-0.2, -0.15) is 22.5 Å². The molecule has 9 nitrogen and oxygen atoms in total. The van der Waals surface area contributed by atoms with Crippen LogP contribution in [0, 0.1) is 0 Å². The fourth-order valence-electron chi connectivity index (χ4n) is 2.40. The maximum Gasteiger partial charge on any atom is 0.319 e. The predicted octanol–water partition coefficient (Wildman–Crippen LogP) is 0.0549. The summed E-state index contributed by atoms with van der Waals surface area (Å²) in [6.45, 7) is 5.42. The van der Waals surface area contributed by atoms with Gasteiger partial charge < -0.3 is 9.80 Å². The first kappa shape index (κ1) is 18.7. The number of carbonyl (C=O) groups excluding carboxylic acids is 1. The second kappa shape index (κ2) is 7.08. The molecule has 0 atom stereocenters. The van der Waals surface area contributed by atoms with Gasteiger partial charge in [0.15, 0.2) is 0 Å². The van der Waals surface area contributed by atoms with E-state index in [9.17, 15) is 13.2 Å². The molecule has 0 saturated heterocycles. The van der Waals surface area contributed by atoms with Crippen molar-refractivity contribution in [3.05, 3.63) is 17.5 Å². The molecule has 2 rings (SSSR count). The number of aromatic nitrogens is 2. The molecular formula is C14H26N6O3S. The van der Waals surface area contributed by atoms with Crippen LogP contribution >= 0.6 is 0 Å². The third kappa shape index (κ3) is 4.05. The molecular weight excluding hydrogens is 332 g/mol. The van der Waals surface area contributed by atoms with Gasteiger partial charge in [0, 0.05) is 33.7 Å². The first-order valence-corrected chi connectivity index (χ1v) is 9.30. The molecule has 1 aliphatic heterocycles. The Morgan fingerprint density at radius 3 is 2.58 bits per heavy atom. The van der Waals surface area contributed by atoms with E-state index in [0.717, 1.165) is 5.69 Å². The number of rotatable bonds is 5. The number of amides is 2. The Morgan fingerprint density at radius 1 is 1.33 bits per heavy atom. The van der Waals surface area contributed by atoms with Gasteiger partial charge in [-0.15, -0.1) is 0 Å². The smallest absolute Gasteiger partial charge is 0.319 e. The molecule has 1 N–H and O–H groups in total. The van der Waals surface area contributed by atoms with Crippen LogP contribution in [-0.4, -0.2) is 72.1 Å². The normalized spacial score (nSPS) is 15.0. The van der Waals surface area contributed by atoms with Crippen LogP contribution in [0.1, 0.15) is 25.2 Å². The molecule has 1 aromatic rings. The number of hydrogen-bond donors (Lipinski definition) is 1. The SMILES string of the molecule is CC(C)N(C)S(=O)(=O)NCc1cc2n(n1)CCN(C(=O)N(C)C)C2. The van der Waals surface area contributed by atoms with Gasteiger partial charge >= 0.3 is 6.03 Å². The highest BCUT2D eigenvalue weighted by Crippen LogP contribution is 2.15. The standard InChI is InChI=1S/C14H26N6O3S/c1-11(2)18(5)24(22,23)15-9-12-8-13-10-19(14(21)17(3)4)6-7-20(13)16-12/h8,11,15H,6-7,9-10H2,1-5H3. The molecule has 0 fully saturated rings. The molecule has 10 heteroatoms. The van der Waals surface area contributed by atoms with Gasteiger partial charge in [0.05, 0.1) is 31.0 Å². The Hall–Kier alpha value is -1.65. The van der Waals surface area contributed by atoms with Crippen molar-refractivity contribution < 1.29 is 13.2 Å². The average Bonchev–Trinajstić information content (AvgIpc) is 2.93. The van der Waals surface area contributed by atoms with Crippen molar-refractivity contribution in [2.45, 2.75) is 39.5 Å². The summed E-state index contributed by atoms with van der Waals surface area (Å²) in [5, 5.41) is 4.42. The Bertz CT molecular complexity index is 697. The van der Waals surface area contributed by atoms with Gasteiger partial charge in [-0.3, -0.25) is 4.68 Å². The monoisotopic (exact) mass is 358 g/mol. The van der Waals surface area contributed by atoms with Gasteiger partial charge in [-0.05, 0) is 19.9 Å². The van der Waals surface area contributed by atoms with E-state index in [2.05, 4.69) is 9.82 Å². The minimum absolute atomic E-state index is 0.0386. The van der Waals surface area contributed by atoms with E-state index in [1.54, 1.807) is 23.9 Å². The van der Waals surface area contributed by atoms with E-state index in [1.807, 2.05) is 24.6 Å². The number of nitrogens with one attached hydrogen (secondary N) is 1. The lowest BCUT2D eigenvalue weighted by molar-refractivity contribution is 0.155. The van der Waals surface area contributed by atoms with Crippen molar-refractivity contribution in [1.29, 1.82) is 0 Å². The average molecular weight is 358 g/mol. The molecule has 2 heterocycles. The minimum atomic E-state index is -3.53. The van der Waals surface area contributed by atoms with Crippen LogP contribution in [0.3, 0.4) is 0 Å². The van der Waals surface area contributed by atoms with Crippen LogP contribution in [0.4, 0.5) is 4.79 Å². The molecule has 136 valence electrons. The minimum Gasteiger partial charge on any atom is -0.331 e. The summed E-state index contributed by atoms with van der Waals surface area (Å²) in [5.41, 5.74) is 1.55. The molecule has 24 heavy (non-hydrogen) atoms. The summed E-state index contributed by atoms with van der Waals surface area (Å²) < 4.78 is 29.9. The molecule has 2 amide bonds. The topological polar surface area (TPSA) is 90.8 Å². The van der Waals surface area contributed by atoms with Crippen molar-refractivity contribution in [2.75, 3.05) is 27.7 Å². The summed E-state index contributed by atoms with van der Waals surface area (Å²) in [6, 6.07) is 1.68. The van der Waals surface area contributed by atoms with Gasteiger partial charge in [-0.1, -0.05) is 0 Å². The van der Waals surface area contributed by atoms with Crippen LogP contribution in [0.15, 0.2) is 6.07 Å². The van der Waals surface area contributed by atoms with E-state index in [-0.39, 0.29) is 18.6 Å². The maximum atomic E-state index is 12.1. The summed E-state index contributed by atoms with van der Waals surface area (Å²) in [7, 11) is 1.45. The molecule has 0 radical (unpaired) electrons. The van der Waals surface area contributed by atoms with Crippen molar-refractivity contribution in [3.63, 3.8) is 0 Å². The second-order valence-corrected chi connectivity index (χ2v) is 8.20. The Kier molecular flexibility index (Phi) is 5.51. The molecule has 0 aliphatic carbocycles. The van der Waals surface area contributed by atoms with Crippen LogP contribution in [0.5, 0.6) is 0 Å². The molecule has 1 aromatic heterocycles. The van der Waals surface area contributed by atoms with E-state index in [4.69, 9.17) is 0 Å². The first-order valence-electron chi connectivity index (χ1n) is 7.86. The van der Waals surface area contributed by atoms with E-state index < -0.39 is 10.2 Å². The lowest BCUT2D eigenvalue weighted by Gasteiger charge is -2.29. The highest BCUT2D eigenvalue weighted by Gasteiger charge is 2.24. The third-order valence-electron chi connectivity index (χ3n) is 4.04. The number of hydrogen-bond acceptors (Lipinski definition) is 4. The van der Waals surface area contributed by atoms with Gasteiger partial charge in [0.25, 0.3) is 10.2 Å². The lowest BCUT2D eigenvalue weighted by atomic mass is 10.3. The quantitative estimate of drug-likeness (QED) is 0.805. The largest absolute Gasteiger partial charge is 0.331 e. The van der Waals surface area contributed by atoms with Crippen LogP contribution in [0.2, 0.25) is 0 Å². The number of nitrogens with zero attached hydrogens (tertiary/aromatic N) is 5. The molecule has 0 unspecified atom stereocenters. The summed E-state index contributed by atoms with van der Waals surface area (Å²) >= 11 is 0. The number of urea groups is 1. The van der Waals surface area contributed by atoms with Gasteiger partial charge in [-0.25, -0.2) is 4.79 Å². The second-order valence-electron chi connectivity index (χ2n) is 6.38. The van der Waals surface area contributed by atoms with Crippen LogP contribution in [-0.2, 0) is 29.8 Å². The fraction of sp³-hybridized carbons (Fsp3) is 0.714. The highest BCUT2D eigenvalue weighted by atomic mass is 32.2. The van der Waals surface area contributed by atoms with E-state index in [0.29, 0.717) is 25.3 Å². The Morgan fingerprint density at radius 2 is 2.00 bits per heavy atom. The van der Waals surface area contributed by atoms with Crippen LogP contribution < -0.4 is 4.72 Å². The Balaban J connectivity index is 2.03. The first-order chi connectivity index (χ1) is 11.1. The van der Waals surface area contributed by atoms with Crippen LogP contribution in [0.25, 0.3) is 0 Å². The molecule has 0 saturated carbocycles. The fourth-order valence-corrected chi connectivity index (χ4v) is 3.49. The number of fused-ring (bicyclic) bond motifs is 1. The van der Waals surface area contributed by atoms with E-state index >= 15 is 0 Å².